The average Bonchev–Trinajstić information content (AvgIpc) is 3.58. The molecule has 0 aliphatic carbocycles. The van der Waals surface area contributed by atoms with Gasteiger partial charge in [-0.2, -0.15) is 10.2 Å². The van der Waals surface area contributed by atoms with Gasteiger partial charge in [0.2, 0.25) is 17.7 Å². The van der Waals surface area contributed by atoms with Crippen LogP contribution in [0.3, 0.4) is 0 Å². The number of carboxylic acid groups (broad SMARTS) is 2. The zero-order valence-electron chi connectivity index (χ0n) is 24.5. The fraction of sp³-hybridized carbons (Fsp3) is 0.367. The van der Waals surface area contributed by atoms with Crippen molar-refractivity contribution in [1.29, 1.82) is 0 Å². The van der Waals surface area contributed by atoms with Crippen molar-refractivity contribution in [3.8, 4) is 11.1 Å². The number of aliphatic carboxylic acids is 2. The number of aryl methyl sites for hydroxylation is 1. The van der Waals surface area contributed by atoms with Crippen LogP contribution in [0.5, 0.6) is 0 Å². The van der Waals surface area contributed by atoms with Gasteiger partial charge in [-0.25, -0.2) is 4.39 Å². The molecule has 236 valence electrons. The van der Waals surface area contributed by atoms with Gasteiger partial charge in [0.15, 0.2) is 5.82 Å². The molecule has 45 heavy (non-hydrogen) atoms. The predicted octanol–water partition coefficient (Wildman–Crippen LogP) is 1.62. The van der Waals surface area contributed by atoms with Gasteiger partial charge in [0.05, 0.1) is 30.4 Å². The Balaban J connectivity index is 1.47. The van der Waals surface area contributed by atoms with E-state index in [0.29, 0.717) is 64.6 Å². The van der Waals surface area contributed by atoms with Crippen LogP contribution in [0.4, 0.5) is 4.39 Å². The van der Waals surface area contributed by atoms with Crippen molar-refractivity contribution in [2.24, 2.45) is 7.05 Å². The summed E-state index contributed by atoms with van der Waals surface area (Å²) < 4.78 is 19.0. The van der Waals surface area contributed by atoms with E-state index in [2.05, 4.69) is 15.7 Å². The van der Waals surface area contributed by atoms with Gasteiger partial charge in [-0.1, -0.05) is 24.3 Å². The number of hydrogen-bond donors (Lipinski definition) is 4. The highest BCUT2D eigenvalue weighted by molar-refractivity contribution is 6.00. The first-order chi connectivity index (χ1) is 21.5. The van der Waals surface area contributed by atoms with Gasteiger partial charge < -0.3 is 25.7 Å². The summed E-state index contributed by atoms with van der Waals surface area (Å²) in [6, 6.07) is 8.77. The quantitative estimate of drug-likeness (QED) is 0.193. The Morgan fingerprint density at radius 3 is 2.38 bits per heavy atom. The van der Waals surface area contributed by atoms with Gasteiger partial charge in [0.1, 0.15) is 18.6 Å². The Morgan fingerprint density at radius 1 is 0.933 bits per heavy atom. The van der Waals surface area contributed by atoms with Crippen molar-refractivity contribution in [2.45, 2.75) is 38.1 Å². The third-order valence-electron chi connectivity index (χ3n) is 7.90. The number of carboxylic acids is 2. The lowest BCUT2D eigenvalue weighted by molar-refractivity contribution is -0.141. The molecule has 2 aromatic carbocycles. The van der Waals surface area contributed by atoms with E-state index in [1.54, 1.807) is 48.5 Å². The Kier molecular flexibility index (Phi) is 9.06. The number of nitrogens with one attached hydrogen (secondary N) is 2. The third kappa shape index (κ3) is 6.76. The summed E-state index contributed by atoms with van der Waals surface area (Å²) >= 11 is 0. The van der Waals surface area contributed by atoms with Crippen LogP contribution in [-0.2, 0) is 37.6 Å². The van der Waals surface area contributed by atoms with Gasteiger partial charge in [-0.15, -0.1) is 0 Å². The van der Waals surface area contributed by atoms with Crippen molar-refractivity contribution in [2.75, 3.05) is 26.2 Å². The van der Waals surface area contributed by atoms with Gasteiger partial charge in [-0.3, -0.25) is 33.3 Å². The maximum absolute atomic E-state index is 16.0. The molecule has 0 saturated carbocycles. The average molecular weight is 622 g/mol. The number of nitrogens with zero attached hydrogens (tertiary/aromatic N) is 5. The van der Waals surface area contributed by atoms with Crippen LogP contribution in [0.1, 0.15) is 37.3 Å². The van der Waals surface area contributed by atoms with Crippen molar-refractivity contribution in [3.63, 3.8) is 0 Å². The highest BCUT2D eigenvalue weighted by Crippen LogP contribution is 2.40. The second-order valence-electron chi connectivity index (χ2n) is 10.9. The van der Waals surface area contributed by atoms with E-state index in [9.17, 15) is 24.0 Å². The molecule has 4 aromatic rings. The second-order valence-corrected chi connectivity index (χ2v) is 10.9. The van der Waals surface area contributed by atoms with E-state index in [1.807, 2.05) is 0 Å². The minimum atomic E-state index is -1.21. The molecule has 2 aromatic heterocycles. The molecule has 1 saturated heterocycles. The number of rotatable bonds is 11. The lowest BCUT2D eigenvalue weighted by Gasteiger charge is -2.31. The Labute approximate surface area is 255 Å². The monoisotopic (exact) mass is 621 g/mol. The Bertz CT molecular complexity index is 1810. The lowest BCUT2D eigenvalue weighted by Crippen LogP contribution is -2.40. The van der Waals surface area contributed by atoms with E-state index < -0.39 is 42.7 Å². The Morgan fingerprint density at radius 2 is 1.67 bits per heavy atom. The van der Waals surface area contributed by atoms with E-state index in [-0.39, 0.29) is 31.2 Å². The van der Waals surface area contributed by atoms with E-state index in [0.717, 1.165) is 0 Å². The fourth-order valence-corrected chi connectivity index (χ4v) is 5.70. The van der Waals surface area contributed by atoms with Crippen LogP contribution in [0.25, 0.3) is 32.9 Å². The molecule has 1 aliphatic heterocycles. The maximum Gasteiger partial charge on any atom is 0.322 e. The molecular weight excluding hydrogens is 589 g/mol. The molecule has 3 amide bonds. The lowest BCUT2D eigenvalue weighted by atomic mass is 9.88. The number of amides is 3. The van der Waals surface area contributed by atoms with Crippen LogP contribution < -0.4 is 10.6 Å². The van der Waals surface area contributed by atoms with Gasteiger partial charge >= 0.3 is 11.9 Å². The van der Waals surface area contributed by atoms with Crippen LogP contribution in [0, 0.1) is 5.82 Å². The molecule has 4 N–H and O–H groups in total. The SMILES string of the molecule is Cn1ncc2ccc(-c3cccc4c3c(C3CCN(C(=O)CCC(=O)O)CC3)nn4CC(=O)NCC(=O)NCC(=O)O)c(F)c21. The molecule has 1 fully saturated rings. The molecule has 3 heterocycles. The highest BCUT2D eigenvalue weighted by atomic mass is 19.1. The summed E-state index contributed by atoms with van der Waals surface area (Å²) in [6.07, 6.45) is 2.31. The number of benzene rings is 2. The van der Waals surface area contributed by atoms with Gasteiger partial charge in [0, 0.05) is 48.8 Å². The summed E-state index contributed by atoms with van der Waals surface area (Å²) in [7, 11) is 1.66. The number of carbonyl (C=O) groups excluding carboxylic acids is 3. The predicted molar refractivity (Wildman–Crippen MR) is 158 cm³/mol. The minimum absolute atomic E-state index is 0.0824. The normalized spacial score (nSPS) is 13.7. The smallest absolute Gasteiger partial charge is 0.322 e. The Hall–Kier alpha value is -5.34. The van der Waals surface area contributed by atoms with Gasteiger partial charge in [0.25, 0.3) is 0 Å². The molecule has 15 heteroatoms. The summed E-state index contributed by atoms with van der Waals surface area (Å²) in [5.41, 5.74) is 2.44. The molecule has 0 radical (unpaired) electrons. The molecule has 0 bridgehead atoms. The molecule has 14 nitrogen and oxygen atoms in total. The summed E-state index contributed by atoms with van der Waals surface area (Å²) in [5, 5.41) is 32.6. The van der Waals surface area contributed by atoms with Crippen molar-refractivity contribution in [3.05, 3.63) is 48.0 Å². The number of hydrogen-bond acceptors (Lipinski definition) is 7. The van der Waals surface area contributed by atoms with Crippen LogP contribution in [-0.4, -0.2) is 90.5 Å². The molecule has 0 atom stereocenters. The van der Waals surface area contributed by atoms with Crippen LogP contribution in [0.2, 0.25) is 0 Å². The van der Waals surface area contributed by atoms with Crippen LogP contribution >= 0.6 is 0 Å². The van der Waals surface area contributed by atoms with Crippen LogP contribution in [0.15, 0.2) is 36.5 Å². The van der Waals surface area contributed by atoms with E-state index >= 15 is 4.39 Å². The van der Waals surface area contributed by atoms with E-state index in [4.69, 9.17) is 15.3 Å². The summed E-state index contributed by atoms with van der Waals surface area (Å²) in [4.78, 5) is 60.5. The molecule has 1 aliphatic rings. The summed E-state index contributed by atoms with van der Waals surface area (Å²) in [5.74, 6) is -4.29. The van der Waals surface area contributed by atoms with E-state index in [1.165, 1.54) is 9.36 Å². The molecular formula is C30H32FN7O7. The molecule has 0 spiro atoms. The highest BCUT2D eigenvalue weighted by Gasteiger charge is 2.29. The molecule has 5 rings (SSSR count). The number of aromatic nitrogens is 4. The number of halogens is 1. The molecule has 0 unspecified atom stereocenters. The zero-order valence-corrected chi connectivity index (χ0v) is 24.5. The topological polar surface area (TPSA) is 189 Å². The van der Waals surface area contributed by atoms with Crippen molar-refractivity contribution >= 4 is 51.5 Å². The minimum Gasteiger partial charge on any atom is -0.481 e. The fourth-order valence-electron chi connectivity index (χ4n) is 5.70. The summed E-state index contributed by atoms with van der Waals surface area (Å²) in [6.45, 7) is -0.479. The van der Waals surface area contributed by atoms with Crippen molar-refractivity contribution in [1.82, 2.24) is 35.1 Å². The largest absolute Gasteiger partial charge is 0.481 e. The second kappa shape index (κ2) is 13.1. The van der Waals surface area contributed by atoms with Crippen molar-refractivity contribution < 1.29 is 38.6 Å². The maximum atomic E-state index is 16.0. The third-order valence-corrected chi connectivity index (χ3v) is 7.90. The first-order valence-corrected chi connectivity index (χ1v) is 14.4. The van der Waals surface area contributed by atoms with Gasteiger partial charge in [-0.05, 0) is 24.5 Å². The number of piperidine rings is 1. The number of likely N-dealkylation sites (tertiary alicyclic amines) is 1. The number of fused-ring (bicyclic) bond motifs is 2. The number of carbonyl (C=O) groups is 5. The first-order valence-electron chi connectivity index (χ1n) is 14.4. The standard InChI is InChI=1S/C30H32FN7O7/c1-36-30-18(13-34-36)5-6-20(28(30)31)19-3-2-4-21-27(19)29(17-9-11-37(12-10-17)24(41)7-8-25(42)43)35-38(21)16-23(40)32-14-22(39)33-15-26(44)45/h2-6,13,17H,7-12,14-16H2,1H3,(H,32,40)(H,33,39)(H,42,43)(H,44,45). The zero-order chi connectivity index (χ0) is 32.2. The first kappa shape index (κ1) is 31.1.